The summed E-state index contributed by atoms with van der Waals surface area (Å²) in [5.41, 5.74) is 1.45. The normalized spacial score (nSPS) is 11.7. The molecule has 0 aliphatic heterocycles. The van der Waals surface area contributed by atoms with Gasteiger partial charge in [0.05, 0.1) is 11.6 Å². The number of nitrogens with zero attached hydrogens (tertiary/aromatic N) is 1. The first kappa shape index (κ1) is 19.4. The number of benzene rings is 3. The fourth-order valence-electron chi connectivity index (χ4n) is 3.03. The first-order valence-electron chi connectivity index (χ1n) is 9.18. The molecule has 1 N–H and O–H groups in total. The van der Waals surface area contributed by atoms with Crippen molar-refractivity contribution in [2.45, 2.75) is 13.0 Å². The Labute approximate surface area is 164 Å². The van der Waals surface area contributed by atoms with E-state index in [0.717, 1.165) is 16.3 Å². The molecule has 5 heteroatoms. The molecule has 0 saturated heterocycles. The zero-order valence-electron chi connectivity index (χ0n) is 16.3. The van der Waals surface area contributed by atoms with Gasteiger partial charge in [0.25, 0.3) is 11.8 Å². The van der Waals surface area contributed by atoms with Crippen molar-refractivity contribution in [3.63, 3.8) is 0 Å². The molecule has 1 unspecified atom stereocenters. The smallest absolute Gasteiger partial charge is 0.259 e. The zero-order chi connectivity index (χ0) is 20.1. The molecule has 0 aromatic heterocycles. The molecule has 28 heavy (non-hydrogen) atoms. The van der Waals surface area contributed by atoms with E-state index in [1.165, 1.54) is 4.90 Å². The van der Waals surface area contributed by atoms with Gasteiger partial charge < -0.3 is 15.0 Å². The van der Waals surface area contributed by atoms with E-state index in [-0.39, 0.29) is 24.5 Å². The average Bonchev–Trinajstić information content (AvgIpc) is 2.71. The van der Waals surface area contributed by atoms with E-state index in [0.29, 0.717) is 11.3 Å². The van der Waals surface area contributed by atoms with Crippen molar-refractivity contribution in [3.05, 3.63) is 77.9 Å². The highest BCUT2D eigenvalue weighted by Gasteiger charge is 2.17. The monoisotopic (exact) mass is 376 g/mol. The lowest BCUT2D eigenvalue weighted by molar-refractivity contribution is -0.130. The van der Waals surface area contributed by atoms with Gasteiger partial charge in [-0.1, -0.05) is 54.6 Å². The average molecular weight is 376 g/mol. The van der Waals surface area contributed by atoms with Crippen molar-refractivity contribution in [1.29, 1.82) is 0 Å². The molecule has 0 fully saturated rings. The standard InChI is InChI=1S/C23H24N2O3/c1-16(18-13-8-10-17-9-4-5-11-19(17)18)24-23(27)20-12-6-7-14-21(20)28-15-22(26)25(2)3/h4-14,16H,15H2,1-3H3,(H,24,27). The first-order chi connectivity index (χ1) is 13.5. The topological polar surface area (TPSA) is 58.6 Å². The second-order valence-corrected chi connectivity index (χ2v) is 6.84. The Kier molecular flexibility index (Phi) is 5.94. The maximum Gasteiger partial charge on any atom is 0.259 e. The predicted octanol–water partition coefficient (Wildman–Crippen LogP) is 3.80. The Morgan fingerprint density at radius 2 is 1.64 bits per heavy atom. The second kappa shape index (κ2) is 8.57. The minimum absolute atomic E-state index is 0.115. The summed E-state index contributed by atoms with van der Waals surface area (Å²) in [6.45, 7) is 1.84. The Bertz CT molecular complexity index is 993. The molecule has 0 heterocycles. The maximum absolute atomic E-state index is 12.9. The highest BCUT2D eigenvalue weighted by molar-refractivity contribution is 5.97. The molecule has 0 bridgehead atoms. The lowest BCUT2D eigenvalue weighted by atomic mass is 9.99. The van der Waals surface area contributed by atoms with Crippen LogP contribution in [0.2, 0.25) is 0 Å². The van der Waals surface area contributed by atoms with Crippen molar-refractivity contribution in [1.82, 2.24) is 10.2 Å². The van der Waals surface area contributed by atoms with Crippen LogP contribution in [0.1, 0.15) is 28.9 Å². The van der Waals surface area contributed by atoms with E-state index in [1.807, 2.05) is 31.2 Å². The van der Waals surface area contributed by atoms with E-state index in [4.69, 9.17) is 4.74 Å². The second-order valence-electron chi connectivity index (χ2n) is 6.84. The molecular weight excluding hydrogens is 352 g/mol. The summed E-state index contributed by atoms with van der Waals surface area (Å²) in [6.07, 6.45) is 0. The number of hydrogen-bond acceptors (Lipinski definition) is 3. The first-order valence-corrected chi connectivity index (χ1v) is 9.18. The third-order valence-electron chi connectivity index (χ3n) is 4.62. The van der Waals surface area contributed by atoms with Gasteiger partial charge in [0.15, 0.2) is 6.61 Å². The number of carbonyl (C=O) groups excluding carboxylic acids is 2. The van der Waals surface area contributed by atoms with Crippen LogP contribution in [0.5, 0.6) is 5.75 Å². The van der Waals surface area contributed by atoms with Crippen molar-refractivity contribution < 1.29 is 14.3 Å². The van der Waals surface area contributed by atoms with Crippen LogP contribution in [-0.4, -0.2) is 37.4 Å². The minimum Gasteiger partial charge on any atom is -0.483 e. The highest BCUT2D eigenvalue weighted by atomic mass is 16.5. The van der Waals surface area contributed by atoms with Crippen LogP contribution in [0, 0.1) is 0 Å². The van der Waals surface area contributed by atoms with Crippen LogP contribution in [0.25, 0.3) is 10.8 Å². The van der Waals surface area contributed by atoms with Gasteiger partial charge in [-0.15, -0.1) is 0 Å². The number of rotatable bonds is 6. The van der Waals surface area contributed by atoms with E-state index >= 15 is 0 Å². The van der Waals surface area contributed by atoms with Gasteiger partial charge in [0.1, 0.15) is 5.75 Å². The van der Waals surface area contributed by atoms with Crippen molar-refractivity contribution in [2.75, 3.05) is 20.7 Å². The maximum atomic E-state index is 12.9. The van der Waals surface area contributed by atoms with Crippen LogP contribution < -0.4 is 10.1 Å². The summed E-state index contributed by atoms with van der Waals surface area (Å²) in [4.78, 5) is 26.1. The number of hydrogen-bond donors (Lipinski definition) is 1. The lowest BCUT2D eigenvalue weighted by Crippen LogP contribution is -2.29. The van der Waals surface area contributed by atoms with E-state index < -0.39 is 0 Å². The molecular formula is C23H24N2O3. The molecule has 0 saturated carbocycles. The van der Waals surface area contributed by atoms with Gasteiger partial charge in [-0.3, -0.25) is 9.59 Å². The number of fused-ring (bicyclic) bond motifs is 1. The van der Waals surface area contributed by atoms with Crippen LogP contribution >= 0.6 is 0 Å². The highest BCUT2D eigenvalue weighted by Crippen LogP contribution is 2.25. The van der Waals surface area contributed by atoms with Crippen molar-refractivity contribution in [3.8, 4) is 5.75 Å². The third-order valence-corrected chi connectivity index (χ3v) is 4.62. The number of para-hydroxylation sites is 1. The molecule has 144 valence electrons. The summed E-state index contributed by atoms with van der Waals surface area (Å²) in [5, 5.41) is 5.28. The third kappa shape index (κ3) is 4.31. The summed E-state index contributed by atoms with van der Waals surface area (Å²) in [7, 11) is 3.33. The van der Waals surface area contributed by atoms with Gasteiger partial charge in [-0.05, 0) is 35.4 Å². The fourth-order valence-corrected chi connectivity index (χ4v) is 3.03. The molecule has 3 rings (SSSR count). The van der Waals surface area contributed by atoms with Crippen LogP contribution in [-0.2, 0) is 4.79 Å². The molecule has 0 aliphatic carbocycles. The van der Waals surface area contributed by atoms with Gasteiger partial charge in [-0.2, -0.15) is 0 Å². The SMILES string of the molecule is CC(NC(=O)c1ccccc1OCC(=O)N(C)C)c1cccc2ccccc12. The molecule has 3 aromatic carbocycles. The zero-order valence-corrected chi connectivity index (χ0v) is 16.3. The Morgan fingerprint density at radius 3 is 2.43 bits per heavy atom. The lowest BCUT2D eigenvalue weighted by Gasteiger charge is -2.18. The Balaban J connectivity index is 1.78. The van der Waals surface area contributed by atoms with Gasteiger partial charge in [0.2, 0.25) is 0 Å². The molecule has 5 nitrogen and oxygen atoms in total. The summed E-state index contributed by atoms with van der Waals surface area (Å²) in [5.74, 6) is -0.0204. The summed E-state index contributed by atoms with van der Waals surface area (Å²) < 4.78 is 5.59. The largest absolute Gasteiger partial charge is 0.483 e. The Hall–Kier alpha value is -3.34. The molecule has 3 aromatic rings. The van der Waals surface area contributed by atoms with Crippen LogP contribution in [0.3, 0.4) is 0 Å². The van der Waals surface area contributed by atoms with Gasteiger partial charge in [-0.25, -0.2) is 0 Å². The number of ether oxygens (including phenoxy) is 1. The Morgan fingerprint density at radius 1 is 0.964 bits per heavy atom. The molecule has 1 atom stereocenters. The molecule has 0 spiro atoms. The fraction of sp³-hybridized carbons (Fsp3) is 0.217. The van der Waals surface area contributed by atoms with Gasteiger partial charge in [0, 0.05) is 14.1 Å². The molecule has 2 amide bonds. The summed E-state index contributed by atoms with van der Waals surface area (Å²) in [6, 6.07) is 20.9. The van der Waals surface area contributed by atoms with Gasteiger partial charge >= 0.3 is 0 Å². The van der Waals surface area contributed by atoms with E-state index in [9.17, 15) is 9.59 Å². The minimum atomic E-state index is -0.242. The van der Waals surface area contributed by atoms with Crippen LogP contribution in [0.15, 0.2) is 66.7 Å². The number of carbonyl (C=O) groups is 2. The summed E-state index contributed by atoms with van der Waals surface area (Å²) >= 11 is 0. The number of amides is 2. The van der Waals surface area contributed by atoms with E-state index in [2.05, 4.69) is 23.5 Å². The molecule has 0 aliphatic rings. The van der Waals surface area contributed by atoms with Crippen molar-refractivity contribution >= 4 is 22.6 Å². The van der Waals surface area contributed by atoms with Crippen LogP contribution in [0.4, 0.5) is 0 Å². The molecule has 0 radical (unpaired) electrons. The number of likely N-dealkylation sites (N-methyl/N-ethyl adjacent to an activating group) is 1. The number of nitrogens with one attached hydrogen (secondary N) is 1. The van der Waals surface area contributed by atoms with E-state index in [1.54, 1.807) is 38.4 Å². The predicted molar refractivity (Wildman–Crippen MR) is 110 cm³/mol. The quantitative estimate of drug-likeness (QED) is 0.712. The van der Waals surface area contributed by atoms with Crippen molar-refractivity contribution in [2.24, 2.45) is 0 Å².